The Morgan fingerprint density at radius 3 is 2.74 bits per heavy atom. The van der Waals surface area contributed by atoms with Crippen molar-refractivity contribution in [2.24, 2.45) is 4.99 Å². The fraction of sp³-hybridized carbons (Fsp3) is 0.250. The maximum absolute atomic E-state index is 5.97. The van der Waals surface area contributed by atoms with Crippen molar-refractivity contribution in [3.05, 3.63) is 52.9 Å². The standard InChI is InChI=1S/C20H23N5OS/c1-5-22-19(21-4)25-20-24-16(12-27-20)15-7-6-8-18(23-15)26-17-10-9-13(2)11-14(17)3/h6-12H,5H2,1-4H3,(H2,21,22,24,25). The molecule has 140 valence electrons. The maximum Gasteiger partial charge on any atom is 0.219 e. The Bertz CT molecular complexity index is 951. The number of guanidine groups is 1. The van der Waals surface area contributed by atoms with Gasteiger partial charge in [0.2, 0.25) is 5.88 Å². The van der Waals surface area contributed by atoms with Crippen LogP contribution in [0.25, 0.3) is 11.4 Å². The molecule has 27 heavy (non-hydrogen) atoms. The minimum absolute atomic E-state index is 0.547. The van der Waals surface area contributed by atoms with E-state index in [1.54, 1.807) is 7.05 Å². The number of aryl methyl sites for hydroxylation is 2. The fourth-order valence-corrected chi connectivity index (χ4v) is 3.24. The van der Waals surface area contributed by atoms with Crippen LogP contribution in [0.5, 0.6) is 11.6 Å². The normalized spacial score (nSPS) is 11.3. The van der Waals surface area contributed by atoms with Crippen molar-refractivity contribution >= 4 is 22.4 Å². The lowest BCUT2D eigenvalue weighted by Crippen LogP contribution is -2.30. The van der Waals surface area contributed by atoms with E-state index in [9.17, 15) is 0 Å². The molecule has 7 heteroatoms. The molecule has 0 radical (unpaired) electrons. The highest BCUT2D eigenvalue weighted by Gasteiger charge is 2.09. The van der Waals surface area contributed by atoms with E-state index in [2.05, 4.69) is 38.6 Å². The molecule has 0 aliphatic rings. The molecule has 0 atom stereocenters. The van der Waals surface area contributed by atoms with Crippen molar-refractivity contribution in [1.29, 1.82) is 0 Å². The molecule has 0 unspecified atom stereocenters. The molecule has 2 N–H and O–H groups in total. The number of hydrogen-bond acceptors (Lipinski definition) is 5. The molecule has 3 rings (SSSR count). The predicted molar refractivity (Wildman–Crippen MR) is 112 cm³/mol. The van der Waals surface area contributed by atoms with Gasteiger partial charge in [0.1, 0.15) is 11.4 Å². The summed E-state index contributed by atoms with van der Waals surface area (Å²) in [7, 11) is 1.73. The van der Waals surface area contributed by atoms with E-state index < -0.39 is 0 Å². The third-order valence-corrected chi connectivity index (χ3v) is 4.59. The SMILES string of the molecule is CCNC(=NC)Nc1nc(-c2cccc(Oc3ccc(C)cc3C)n2)cs1. The van der Waals surface area contributed by atoms with Gasteiger partial charge in [-0.1, -0.05) is 23.8 Å². The molecule has 0 saturated heterocycles. The number of aromatic nitrogens is 2. The number of nitrogens with zero attached hydrogens (tertiary/aromatic N) is 3. The monoisotopic (exact) mass is 381 g/mol. The van der Waals surface area contributed by atoms with E-state index in [4.69, 9.17) is 4.74 Å². The second kappa shape index (κ2) is 8.64. The minimum atomic E-state index is 0.547. The van der Waals surface area contributed by atoms with Crippen LogP contribution in [0.15, 0.2) is 46.8 Å². The summed E-state index contributed by atoms with van der Waals surface area (Å²) in [6, 6.07) is 11.8. The van der Waals surface area contributed by atoms with Gasteiger partial charge in [0, 0.05) is 25.0 Å². The Morgan fingerprint density at radius 1 is 1.15 bits per heavy atom. The molecule has 0 fully saturated rings. The lowest BCUT2D eigenvalue weighted by Gasteiger charge is -2.09. The molecule has 0 saturated carbocycles. The van der Waals surface area contributed by atoms with E-state index >= 15 is 0 Å². The maximum atomic E-state index is 5.97. The largest absolute Gasteiger partial charge is 0.439 e. The molecular formula is C20H23N5OS. The summed E-state index contributed by atoms with van der Waals surface area (Å²) in [5, 5.41) is 9.04. The third-order valence-electron chi connectivity index (χ3n) is 3.83. The highest BCUT2D eigenvalue weighted by molar-refractivity contribution is 7.14. The Hall–Kier alpha value is -2.93. The molecule has 0 amide bonds. The number of pyridine rings is 1. The van der Waals surface area contributed by atoms with Crippen LogP contribution in [0.1, 0.15) is 18.1 Å². The van der Waals surface area contributed by atoms with Crippen molar-refractivity contribution in [3.8, 4) is 23.0 Å². The van der Waals surface area contributed by atoms with Gasteiger partial charge in [-0.3, -0.25) is 4.99 Å². The van der Waals surface area contributed by atoms with Gasteiger partial charge in [0.15, 0.2) is 11.1 Å². The van der Waals surface area contributed by atoms with E-state index in [0.717, 1.165) is 34.4 Å². The highest BCUT2D eigenvalue weighted by atomic mass is 32.1. The van der Waals surface area contributed by atoms with Crippen LogP contribution >= 0.6 is 11.3 Å². The number of anilines is 1. The number of hydrogen-bond donors (Lipinski definition) is 2. The summed E-state index contributed by atoms with van der Waals surface area (Å²) in [4.78, 5) is 13.4. The molecule has 3 aromatic rings. The van der Waals surface area contributed by atoms with Gasteiger partial charge in [-0.15, -0.1) is 11.3 Å². The topological polar surface area (TPSA) is 71.4 Å². The molecule has 2 aromatic heterocycles. The molecule has 0 spiro atoms. The number of ether oxygens (including phenoxy) is 1. The zero-order chi connectivity index (χ0) is 19.2. The van der Waals surface area contributed by atoms with Crippen LogP contribution in [0.2, 0.25) is 0 Å². The van der Waals surface area contributed by atoms with E-state index in [1.807, 2.05) is 49.6 Å². The van der Waals surface area contributed by atoms with Gasteiger partial charge in [-0.05, 0) is 38.5 Å². The molecule has 1 aromatic carbocycles. The van der Waals surface area contributed by atoms with Crippen molar-refractivity contribution in [3.63, 3.8) is 0 Å². The highest BCUT2D eigenvalue weighted by Crippen LogP contribution is 2.28. The summed E-state index contributed by atoms with van der Waals surface area (Å²) in [6.07, 6.45) is 0. The number of aliphatic imine (C=N–C) groups is 1. The lowest BCUT2D eigenvalue weighted by atomic mass is 10.1. The first-order chi connectivity index (χ1) is 13.1. The van der Waals surface area contributed by atoms with E-state index in [1.165, 1.54) is 16.9 Å². The number of nitrogens with one attached hydrogen (secondary N) is 2. The first-order valence-corrected chi connectivity index (χ1v) is 9.62. The second-order valence-electron chi connectivity index (χ2n) is 6.00. The van der Waals surface area contributed by atoms with Crippen molar-refractivity contribution in [1.82, 2.24) is 15.3 Å². The van der Waals surface area contributed by atoms with Crippen molar-refractivity contribution in [2.75, 3.05) is 18.9 Å². The molecule has 0 aliphatic carbocycles. The molecular weight excluding hydrogens is 358 g/mol. The Labute approximate surface area is 163 Å². The van der Waals surface area contributed by atoms with Crippen LogP contribution in [0.3, 0.4) is 0 Å². The van der Waals surface area contributed by atoms with Crippen LogP contribution in [-0.4, -0.2) is 29.5 Å². The van der Waals surface area contributed by atoms with Gasteiger partial charge in [0.25, 0.3) is 0 Å². The first-order valence-electron chi connectivity index (χ1n) is 8.74. The van der Waals surface area contributed by atoms with Gasteiger partial charge < -0.3 is 15.4 Å². The number of thiazole rings is 1. The van der Waals surface area contributed by atoms with E-state index in [0.29, 0.717) is 11.8 Å². The van der Waals surface area contributed by atoms with Crippen LogP contribution < -0.4 is 15.4 Å². The van der Waals surface area contributed by atoms with Crippen LogP contribution in [0, 0.1) is 13.8 Å². The fourth-order valence-electron chi connectivity index (χ4n) is 2.54. The van der Waals surface area contributed by atoms with Crippen molar-refractivity contribution in [2.45, 2.75) is 20.8 Å². The average molecular weight is 382 g/mol. The smallest absolute Gasteiger partial charge is 0.219 e. The predicted octanol–water partition coefficient (Wildman–Crippen LogP) is 4.62. The Kier molecular flexibility index (Phi) is 6.03. The lowest BCUT2D eigenvalue weighted by molar-refractivity contribution is 0.460. The Morgan fingerprint density at radius 2 is 2.00 bits per heavy atom. The van der Waals surface area contributed by atoms with E-state index in [-0.39, 0.29) is 0 Å². The van der Waals surface area contributed by atoms with Gasteiger partial charge in [-0.2, -0.15) is 0 Å². The molecule has 6 nitrogen and oxygen atoms in total. The summed E-state index contributed by atoms with van der Waals surface area (Å²) in [6.45, 7) is 6.90. The number of benzene rings is 1. The van der Waals surface area contributed by atoms with Gasteiger partial charge >= 0.3 is 0 Å². The zero-order valence-corrected chi connectivity index (χ0v) is 16.7. The van der Waals surface area contributed by atoms with Gasteiger partial charge in [0.05, 0.1) is 5.69 Å². The molecule has 2 heterocycles. The minimum Gasteiger partial charge on any atom is -0.439 e. The summed E-state index contributed by atoms with van der Waals surface area (Å²) >= 11 is 1.50. The summed E-state index contributed by atoms with van der Waals surface area (Å²) in [5.74, 6) is 2.05. The quantitative estimate of drug-likeness (QED) is 0.498. The zero-order valence-electron chi connectivity index (χ0n) is 15.9. The first kappa shape index (κ1) is 18.8. The van der Waals surface area contributed by atoms with Crippen molar-refractivity contribution < 1.29 is 4.74 Å². The molecule has 0 bridgehead atoms. The van der Waals surface area contributed by atoms with Crippen LogP contribution in [0.4, 0.5) is 5.13 Å². The van der Waals surface area contributed by atoms with Crippen LogP contribution in [-0.2, 0) is 0 Å². The summed E-state index contributed by atoms with van der Waals surface area (Å²) < 4.78 is 5.97. The summed E-state index contributed by atoms with van der Waals surface area (Å²) in [5.41, 5.74) is 3.84. The Balaban J connectivity index is 1.77. The second-order valence-corrected chi connectivity index (χ2v) is 6.86. The third kappa shape index (κ3) is 4.83. The van der Waals surface area contributed by atoms with Gasteiger partial charge in [-0.25, -0.2) is 9.97 Å². The average Bonchev–Trinajstić information content (AvgIpc) is 3.12. The number of rotatable bonds is 5. The molecule has 0 aliphatic heterocycles.